The SMILES string of the molecule is CCNC(C)CC(=O)c1c(F)ccc(C)c1F. The molecule has 1 rings (SSSR count). The highest BCUT2D eigenvalue weighted by Gasteiger charge is 2.20. The fourth-order valence-electron chi connectivity index (χ4n) is 1.71. The van der Waals surface area contributed by atoms with Crippen LogP contribution in [0.2, 0.25) is 0 Å². The molecule has 0 aliphatic rings. The topological polar surface area (TPSA) is 29.1 Å². The molecule has 1 atom stereocenters. The highest BCUT2D eigenvalue weighted by atomic mass is 19.1. The number of hydrogen-bond acceptors (Lipinski definition) is 2. The summed E-state index contributed by atoms with van der Waals surface area (Å²) in [7, 11) is 0. The average Bonchev–Trinajstić information content (AvgIpc) is 2.24. The number of hydrogen-bond donors (Lipinski definition) is 1. The molecular formula is C13H17F2NO. The van der Waals surface area contributed by atoms with E-state index in [4.69, 9.17) is 0 Å². The van der Waals surface area contributed by atoms with Crippen molar-refractivity contribution in [3.8, 4) is 0 Å². The van der Waals surface area contributed by atoms with Crippen molar-refractivity contribution in [3.05, 3.63) is 34.9 Å². The van der Waals surface area contributed by atoms with Gasteiger partial charge in [0.1, 0.15) is 11.6 Å². The zero-order valence-electron chi connectivity index (χ0n) is 10.3. The number of halogens is 2. The van der Waals surface area contributed by atoms with E-state index in [1.165, 1.54) is 13.0 Å². The van der Waals surface area contributed by atoms with Gasteiger partial charge < -0.3 is 5.32 Å². The van der Waals surface area contributed by atoms with Crippen LogP contribution in [0.3, 0.4) is 0 Å². The Kier molecular flexibility index (Phi) is 4.75. The maximum atomic E-state index is 13.7. The van der Waals surface area contributed by atoms with Gasteiger partial charge in [0.15, 0.2) is 5.78 Å². The quantitative estimate of drug-likeness (QED) is 0.803. The lowest BCUT2D eigenvalue weighted by atomic mass is 10.0. The second-order valence-electron chi connectivity index (χ2n) is 4.14. The summed E-state index contributed by atoms with van der Waals surface area (Å²) in [5.41, 5.74) is -0.138. The summed E-state index contributed by atoms with van der Waals surface area (Å²) in [6, 6.07) is 2.37. The standard InChI is InChI=1S/C13H17F2NO/c1-4-16-9(3)7-11(17)12-10(14)6-5-8(2)13(12)15/h5-6,9,16H,4,7H2,1-3H3. The molecule has 0 spiro atoms. The molecule has 1 aromatic carbocycles. The Morgan fingerprint density at radius 2 is 2.06 bits per heavy atom. The van der Waals surface area contributed by atoms with Crippen LogP contribution < -0.4 is 5.32 Å². The number of ketones is 1. The van der Waals surface area contributed by atoms with Crippen molar-refractivity contribution in [2.24, 2.45) is 0 Å². The minimum absolute atomic E-state index is 0.0884. The zero-order chi connectivity index (χ0) is 13.0. The summed E-state index contributed by atoms with van der Waals surface area (Å²) in [6.07, 6.45) is 0.0884. The molecule has 4 heteroatoms. The first-order chi connectivity index (χ1) is 7.97. The van der Waals surface area contributed by atoms with Crippen molar-refractivity contribution in [1.29, 1.82) is 0 Å². The number of benzene rings is 1. The van der Waals surface area contributed by atoms with Crippen LogP contribution in [0.1, 0.15) is 36.2 Å². The molecule has 0 amide bonds. The van der Waals surface area contributed by atoms with Gasteiger partial charge >= 0.3 is 0 Å². The molecule has 0 heterocycles. The Balaban J connectivity index is 2.93. The lowest BCUT2D eigenvalue weighted by Gasteiger charge is -2.12. The summed E-state index contributed by atoms with van der Waals surface area (Å²) < 4.78 is 27.1. The van der Waals surface area contributed by atoms with Crippen LogP contribution in [-0.4, -0.2) is 18.4 Å². The van der Waals surface area contributed by atoms with E-state index in [2.05, 4.69) is 5.32 Å². The monoisotopic (exact) mass is 241 g/mol. The maximum absolute atomic E-state index is 13.7. The third-order valence-electron chi connectivity index (χ3n) is 2.61. The van der Waals surface area contributed by atoms with Crippen molar-refractivity contribution in [2.75, 3.05) is 6.54 Å². The lowest BCUT2D eigenvalue weighted by molar-refractivity contribution is 0.0963. The Labute approximate surface area is 100 Å². The third kappa shape index (κ3) is 3.33. The Morgan fingerprint density at radius 3 is 2.65 bits per heavy atom. The number of carbonyl (C=O) groups is 1. The number of aryl methyl sites for hydroxylation is 1. The summed E-state index contributed by atoms with van der Waals surface area (Å²) >= 11 is 0. The van der Waals surface area contributed by atoms with E-state index in [0.29, 0.717) is 6.54 Å². The Bertz CT molecular complexity index is 418. The fraction of sp³-hybridized carbons (Fsp3) is 0.462. The second-order valence-corrected chi connectivity index (χ2v) is 4.14. The molecule has 0 aliphatic carbocycles. The molecule has 0 bridgehead atoms. The molecule has 0 saturated carbocycles. The van der Waals surface area contributed by atoms with E-state index >= 15 is 0 Å². The first-order valence-corrected chi connectivity index (χ1v) is 5.68. The molecule has 0 aromatic heterocycles. The van der Waals surface area contributed by atoms with Gasteiger partial charge in [-0.05, 0) is 32.0 Å². The molecule has 94 valence electrons. The summed E-state index contributed by atoms with van der Waals surface area (Å²) in [6.45, 7) is 5.95. The number of Topliss-reactive ketones (excluding diaryl/α,β-unsaturated/α-hetero) is 1. The highest BCUT2D eigenvalue weighted by Crippen LogP contribution is 2.18. The van der Waals surface area contributed by atoms with Gasteiger partial charge in [0.05, 0.1) is 5.56 Å². The van der Waals surface area contributed by atoms with Crippen molar-refractivity contribution >= 4 is 5.78 Å². The van der Waals surface area contributed by atoms with Gasteiger partial charge in [0, 0.05) is 12.5 Å². The molecular weight excluding hydrogens is 224 g/mol. The summed E-state index contributed by atoms with van der Waals surface area (Å²) in [4.78, 5) is 11.8. The Hall–Kier alpha value is -1.29. The van der Waals surface area contributed by atoms with E-state index in [-0.39, 0.29) is 18.0 Å². The van der Waals surface area contributed by atoms with E-state index in [1.54, 1.807) is 0 Å². The van der Waals surface area contributed by atoms with Crippen LogP contribution in [0.15, 0.2) is 12.1 Å². The molecule has 17 heavy (non-hydrogen) atoms. The molecule has 1 aromatic rings. The highest BCUT2D eigenvalue weighted by molar-refractivity contribution is 5.97. The first kappa shape index (κ1) is 13.8. The smallest absolute Gasteiger partial charge is 0.170 e. The summed E-state index contributed by atoms with van der Waals surface area (Å²) in [5.74, 6) is -2.04. The maximum Gasteiger partial charge on any atom is 0.170 e. The predicted molar refractivity (Wildman–Crippen MR) is 63.2 cm³/mol. The van der Waals surface area contributed by atoms with Gasteiger partial charge in [0.2, 0.25) is 0 Å². The van der Waals surface area contributed by atoms with Gasteiger partial charge in [-0.25, -0.2) is 8.78 Å². The van der Waals surface area contributed by atoms with E-state index in [9.17, 15) is 13.6 Å². The van der Waals surface area contributed by atoms with Crippen molar-refractivity contribution in [1.82, 2.24) is 5.32 Å². The normalized spacial score (nSPS) is 12.5. The Morgan fingerprint density at radius 1 is 1.41 bits per heavy atom. The van der Waals surface area contributed by atoms with Crippen LogP contribution in [0.25, 0.3) is 0 Å². The van der Waals surface area contributed by atoms with Crippen molar-refractivity contribution in [2.45, 2.75) is 33.2 Å². The van der Waals surface area contributed by atoms with Gasteiger partial charge in [-0.1, -0.05) is 13.0 Å². The lowest BCUT2D eigenvalue weighted by Crippen LogP contribution is -2.28. The zero-order valence-corrected chi connectivity index (χ0v) is 10.3. The van der Waals surface area contributed by atoms with Gasteiger partial charge in [-0.15, -0.1) is 0 Å². The molecule has 0 aliphatic heterocycles. The van der Waals surface area contributed by atoms with Crippen LogP contribution in [-0.2, 0) is 0 Å². The predicted octanol–water partition coefficient (Wildman–Crippen LogP) is 2.84. The molecule has 0 saturated heterocycles. The van der Waals surface area contributed by atoms with E-state index in [0.717, 1.165) is 6.07 Å². The number of rotatable bonds is 5. The summed E-state index contributed by atoms with van der Waals surface area (Å²) in [5, 5.41) is 3.03. The first-order valence-electron chi connectivity index (χ1n) is 5.68. The van der Waals surface area contributed by atoms with Crippen molar-refractivity contribution in [3.63, 3.8) is 0 Å². The van der Waals surface area contributed by atoms with Gasteiger partial charge in [-0.3, -0.25) is 4.79 Å². The minimum atomic E-state index is -0.790. The third-order valence-corrected chi connectivity index (χ3v) is 2.61. The molecule has 1 N–H and O–H groups in total. The molecule has 0 fully saturated rings. The minimum Gasteiger partial charge on any atom is -0.314 e. The van der Waals surface area contributed by atoms with Crippen LogP contribution in [0.5, 0.6) is 0 Å². The number of nitrogens with one attached hydrogen (secondary N) is 1. The molecule has 1 unspecified atom stereocenters. The van der Waals surface area contributed by atoms with Crippen molar-refractivity contribution < 1.29 is 13.6 Å². The molecule has 0 radical (unpaired) electrons. The number of carbonyl (C=O) groups excluding carboxylic acids is 1. The molecule has 2 nitrogen and oxygen atoms in total. The largest absolute Gasteiger partial charge is 0.314 e. The van der Waals surface area contributed by atoms with Crippen LogP contribution >= 0.6 is 0 Å². The van der Waals surface area contributed by atoms with E-state index in [1.807, 2.05) is 13.8 Å². The second kappa shape index (κ2) is 5.87. The average molecular weight is 241 g/mol. The van der Waals surface area contributed by atoms with Crippen LogP contribution in [0, 0.1) is 18.6 Å². The van der Waals surface area contributed by atoms with E-state index < -0.39 is 23.0 Å². The fourth-order valence-corrected chi connectivity index (χ4v) is 1.71. The van der Waals surface area contributed by atoms with Gasteiger partial charge in [0.25, 0.3) is 0 Å². The van der Waals surface area contributed by atoms with Gasteiger partial charge in [-0.2, -0.15) is 0 Å². The van der Waals surface area contributed by atoms with Crippen LogP contribution in [0.4, 0.5) is 8.78 Å².